The molecule has 2 amide bonds. The number of nitrogens with one attached hydrogen (secondary N) is 2. The molecule has 18 heavy (non-hydrogen) atoms. The molecule has 1 heterocycles. The molecule has 7 nitrogen and oxygen atoms in total. The lowest BCUT2D eigenvalue weighted by Gasteiger charge is -2.24. The van der Waals surface area contributed by atoms with Gasteiger partial charge in [-0.15, -0.1) is 10.2 Å². The Hall–Kier alpha value is -2.18. The summed E-state index contributed by atoms with van der Waals surface area (Å²) in [6.45, 7) is 3.43. The van der Waals surface area contributed by atoms with E-state index in [4.69, 9.17) is 5.73 Å². The second-order valence-corrected chi connectivity index (χ2v) is 4.53. The molecule has 0 atom stereocenters. The van der Waals surface area contributed by atoms with Crippen molar-refractivity contribution >= 4 is 17.6 Å². The second-order valence-electron chi connectivity index (χ2n) is 4.53. The van der Waals surface area contributed by atoms with Crippen LogP contribution in [0.1, 0.15) is 30.8 Å². The fourth-order valence-electron chi connectivity index (χ4n) is 1.44. The maximum atomic E-state index is 11.9. The number of hydrogen-bond donors (Lipinski definition) is 3. The number of aromatic nitrogens is 2. The van der Waals surface area contributed by atoms with E-state index in [0.29, 0.717) is 5.82 Å². The smallest absolute Gasteiger partial charge is 0.272 e. The number of primary amides is 1. The monoisotopic (exact) mass is 251 g/mol. The maximum absolute atomic E-state index is 11.9. The van der Waals surface area contributed by atoms with Gasteiger partial charge in [-0.1, -0.05) is 0 Å². The van der Waals surface area contributed by atoms with Crippen molar-refractivity contribution in [2.75, 3.05) is 12.4 Å². The molecule has 0 aliphatic heterocycles. The zero-order chi connectivity index (χ0) is 13.8. The Kier molecular flexibility index (Phi) is 4.19. The number of carbonyl (C=O) groups is 2. The summed E-state index contributed by atoms with van der Waals surface area (Å²) >= 11 is 0. The molecule has 7 heteroatoms. The van der Waals surface area contributed by atoms with E-state index in [1.54, 1.807) is 33.0 Å². The number of nitrogens with two attached hydrogens (primary N) is 1. The average molecular weight is 251 g/mol. The quantitative estimate of drug-likeness (QED) is 0.677. The van der Waals surface area contributed by atoms with E-state index in [1.807, 2.05) is 0 Å². The Labute approximate surface area is 105 Å². The molecule has 0 spiro atoms. The van der Waals surface area contributed by atoms with Crippen molar-refractivity contribution in [3.63, 3.8) is 0 Å². The molecule has 0 saturated heterocycles. The molecule has 0 aliphatic rings. The van der Waals surface area contributed by atoms with E-state index in [9.17, 15) is 9.59 Å². The molecule has 0 unspecified atom stereocenters. The lowest BCUT2D eigenvalue weighted by Crippen LogP contribution is -2.46. The van der Waals surface area contributed by atoms with Crippen LogP contribution in [0, 0.1) is 0 Å². The third-order valence-corrected chi connectivity index (χ3v) is 2.22. The Morgan fingerprint density at radius 2 is 2.00 bits per heavy atom. The van der Waals surface area contributed by atoms with Crippen molar-refractivity contribution in [1.82, 2.24) is 15.5 Å². The molecule has 0 aliphatic carbocycles. The zero-order valence-electron chi connectivity index (χ0n) is 10.7. The molecule has 1 aromatic heterocycles. The Balaban J connectivity index is 2.72. The molecule has 0 aromatic carbocycles. The van der Waals surface area contributed by atoms with Gasteiger partial charge in [0.25, 0.3) is 5.91 Å². The van der Waals surface area contributed by atoms with Gasteiger partial charge in [0.05, 0.1) is 0 Å². The molecule has 0 fully saturated rings. The van der Waals surface area contributed by atoms with Crippen molar-refractivity contribution in [3.8, 4) is 0 Å². The minimum absolute atomic E-state index is 0.0563. The van der Waals surface area contributed by atoms with Crippen molar-refractivity contribution in [3.05, 3.63) is 17.8 Å². The molecular formula is C11H17N5O2. The van der Waals surface area contributed by atoms with Gasteiger partial charge in [0.2, 0.25) is 5.91 Å². The third-order valence-electron chi connectivity index (χ3n) is 2.22. The highest BCUT2D eigenvalue weighted by molar-refractivity contribution is 5.93. The lowest BCUT2D eigenvalue weighted by atomic mass is 10.00. The van der Waals surface area contributed by atoms with Gasteiger partial charge in [0.1, 0.15) is 5.82 Å². The van der Waals surface area contributed by atoms with Crippen molar-refractivity contribution in [1.29, 1.82) is 0 Å². The van der Waals surface area contributed by atoms with Gasteiger partial charge in [-0.3, -0.25) is 9.59 Å². The van der Waals surface area contributed by atoms with Crippen LogP contribution in [-0.2, 0) is 4.79 Å². The Morgan fingerprint density at radius 3 is 2.44 bits per heavy atom. The first-order valence-corrected chi connectivity index (χ1v) is 5.46. The van der Waals surface area contributed by atoms with Crippen LogP contribution in [-0.4, -0.2) is 34.6 Å². The largest absolute Gasteiger partial charge is 0.372 e. The third kappa shape index (κ3) is 4.00. The zero-order valence-corrected chi connectivity index (χ0v) is 10.7. The van der Waals surface area contributed by atoms with Crippen LogP contribution in [0.4, 0.5) is 5.82 Å². The standard InChI is InChI=1S/C11H17N5O2/c1-11(2,6-8(12)17)14-10(18)7-4-5-9(13-3)16-15-7/h4-5H,6H2,1-3H3,(H2,12,17)(H,13,16)(H,14,18). The second kappa shape index (κ2) is 5.44. The maximum Gasteiger partial charge on any atom is 0.272 e. The predicted octanol–water partition coefficient (Wildman–Crippen LogP) is -0.0979. The number of amides is 2. The Bertz CT molecular complexity index is 441. The van der Waals surface area contributed by atoms with Crippen LogP contribution >= 0.6 is 0 Å². The van der Waals surface area contributed by atoms with Gasteiger partial charge in [-0.2, -0.15) is 0 Å². The lowest BCUT2D eigenvalue weighted by molar-refractivity contribution is -0.119. The molecular weight excluding hydrogens is 234 g/mol. The SMILES string of the molecule is CNc1ccc(C(=O)NC(C)(C)CC(N)=O)nn1. The number of nitrogens with zero attached hydrogens (tertiary/aromatic N) is 2. The Morgan fingerprint density at radius 1 is 1.33 bits per heavy atom. The summed E-state index contributed by atoms with van der Waals surface area (Å²) in [5.41, 5.74) is 4.58. The average Bonchev–Trinajstić information content (AvgIpc) is 2.26. The molecule has 1 rings (SSSR count). The summed E-state index contributed by atoms with van der Waals surface area (Å²) in [7, 11) is 1.71. The predicted molar refractivity (Wildman–Crippen MR) is 66.9 cm³/mol. The normalized spacial score (nSPS) is 10.8. The highest BCUT2D eigenvalue weighted by Crippen LogP contribution is 2.09. The summed E-state index contributed by atoms with van der Waals surface area (Å²) < 4.78 is 0. The van der Waals surface area contributed by atoms with Gasteiger partial charge in [-0.05, 0) is 26.0 Å². The topological polar surface area (TPSA) is 110 Å². The number of carbonyl (C=O) groups excluding carboxylic acids is 2. The van der Waals surface area contributed by atoms with E-state index in [0.717, 1.165) is 0 Å². The van der Waals surface area contributed by atoms with Crippen molar-refractivity contribution in [2.24, 2.45) is 5.73 Å². The fraction of sp³-hybridized carbons (Fsp3) is 0.455. The van der Waals surface area contributed by atoms with Gasteiger partial charge in [0, 0.05) is 19.0 Å². The van der Waals surface area contributed by atoms with E-state index in [-0.39, 0.29) is 12.1 Å². The first kappa shape index (κ1) is 13.9. The fourth-order valence-corrected chi connectivity index (χ4v) is 1.44. The number of rotatable bonds is 5. The van der Waals surface area contributed by atoms with Gasteiger partial charge < -0.3 is 16.4 Å². The molecule has 4 N–H and O–H groups in total. The van der Waals surface area contributed by atoms with Crippen LogP contribution in [0.5, 0.6) is 0 Å². The minimum Gasteiger partial charge on any atom is -0.372 e. The molecule has 98 valence electrons. The van der Waals surface area contributed by atoms with Crippen molar-refractivity contribution in [2.45, 2.75) is 25.8 Å². The molecule has 0 radical (unpaired) electrons. The first-order valence-electron chi connectivity index (χ1n) is 5.46. The van der Waals surface area contributed by atoms with Crippen LogP contribution in [0.3, 0.4) is 0 Å². The van der Waals surface area contributed by atoms with Crippen molar-refractivity contribution < 1.29 is 9.59 Å². The van der Waals surface area contributed by atoms with Crippen LogP contribution in [0.25, 0.3) is 0 Å². The minimum atomic E-state index is -0.716. The van der Waals surface area contributed by atoms with E-state index in [2.05, 4.69) is 20.8 Å². The molecule has 1 aromatic rings. The molecule has 0 saturated carbocycles. The van der Waals surface area contributed by atoms with Crippen LogP contribution < -0.4 is 16.4 Å². The number of anilines is 1. The van der Waals surface area contributed by atoms with Crippen LogP contribution in [0.2, 0.25) is 0 Å². The van der Waals surface area contributed by atoms with Gasteiger partial charge in [0.15, 0.2) is 5.69 Å². The van der Waals surface area contributed by atoms with E-state index in [1.165, 1.54) is 0 Å². The van der Waals surface area contributed by atoms with Gasteiger partial charge in [-0.25, -0.2) is 0 Å². The summed E-state index contributed by atoms with van der Waals surface area (Å²) in [4.78, 5) is 22.7. The van der Waals surface area contributed by atoms with E-state index < -0.39 is 17.4 Å². The van der Waals surface area contributed by atoms with E-state index >= 15 is 0 Å². The first-order chi connectivity index (χ1) is 8.34. The summed E-state index contributed by atoms with van der Waals surface area (Å²) in [6.07, 6.45) is 0.0563. The highest BCUT2D eigenvalue weighted by Gasteiger charge is 2.24. The molecule has 0 bridgehead atoms. The summed E-state index contributed by atoms with van der Waals surface area (Å²) in [5, 5.41) is 13.0. The highest BCUT2D eigenvalue weighted by atomic mass is 16.2. The van der Waals surface area contributed by atoms with Crippen LogP contribution in [0.15, 0.2) is 12.1 Å². The summed E-state index contributed by atoms with van der Waals surface area (Å²) in [5.74, 6) is -0.295. The number of hydrogen-bond acceptors (Lipinski definition) is 5. The summed E-state index contributed by atoms with van der Waals surface area (Å²) in [6, 6.07) is 3.19. The van der Waals surface area contributed by atoms with Gasteiger partial charge >= 0.3 is 0 Å².